The van der Waals surface area contributed by atoms with E-state index in [9.17, 15) is 4.79 Å². The highest BCUT2D eigenvalue weighted by atomic mass is 16.6. The van der Waals surface area contributed by atoms with Crippen LogP contribution in [-0.2, 0) is 11.3 Å². The molecule has 0 saturated carbocycles. The van der Waals surface area contributed by atoms with Gasteiger partial charge in [-0.1, -0.05) is 29.8 Å². The number of hydrogen-bond donors (Lipinski definition) is 1. The van der Waals surface area contributed by atoms with Gasteiger partial charge in [0, 0.05) is 6.54 Å². The third-order valence-electron chi connectivity index (χ3n) is 4.38. The highest BCUT2D eigenvalue weighted by Gasteiger charge is 2.33. The minimum atomic E-state index is -0.647. The van der Waals surface area contributed by atoms with Crippen LogP contribution in [0.25, 0.3) is 0 Å². The van der Waals surface area contributed by atoms with Crippen molar-refractivity contribution in [3.05, 3.63) is 58.7 Å². The molecule has 0 aromatic heterocycles. The Morgan fingerprint density at radius 3 is 2.25 bits per heavy atom. The molecule has 0 fully saturated rings. The van der Waals surface area contributed by atoms with E-state index in [1.807, 2.05) is 31.2 Å². The minimum absolute atomic E-state index is 0.156. The number of ether oxygens (including phenoxy) is 2. The van der Waals surface area contributed by atoms with Gasteiger partial charge in [0.2, 0.25) is 6.10 Å². The Morgan fingerprint density at radius 1 is 1.04 bits per heavy atom. The van der Waals surface area contributed by atoms with Crippen LogP contribution in [0, 0.1) is 20.8 Å². The molecule has 0 unspecified atom stereocenters. The van der Waals surface area contributed by atoms with Crippen LogP contribution in [0.2, 0.25) is 0 Å². The fraction of sp³-hybridized carbons (Fsp3) is 0.350. The lowest BCUT2D eigenvalue weighted by molar-refractivity contribution is -0.133. The molecule has 126 valence electrons. The van der Waals surface area contributed by atoms with Crippen LogP contribution in [0.15, 0.2) is 36.4 Å². The normalized spacial score (nSPS) is 19.0. The smallest absolute Gasteiger partial charge is 0.265 e. The highest BCUT2D eigenvalue weighted by molar-refractivity contribution is 5.82. The summed E-state index contributed by atoms with van der Waals surface area (Å²) in [6, 6.07) is 11.7. The number of para-hydroxylation sites is 2. The van der Waals surface area contributed by atoms with Gasteiger partial charge in [-0.05, 0) is 56.5 Å². The van der Waals surface area contributed by atoms with Crippen molar-refractivity contribution < 1.29 is 14.3 Å². The van der Waals surface area contributed by atoms with E-state index in [4.69, 9.17) is 9.47 Å². The van der Waals surface area contributed by atoms with Crippen LogP contribution in [-0.4, -0.2) is 18.1 Å². The number of aryl methyl sites for hydroxylation is 3. The molecule has 4 heteroatoms. The first-order chi connectivity index (χ1) is 11.5. The molecule has 1 heterocycles. The minimum Gasteiger partial charge on any atom is -0.482 e. The monoisotopic (exact) mass is 325 g/mol. The van der Waals surface area contributed by atoms with Crippen molar-refractivity contribution in [3.8, 4) is 11.5 Å². The van der Waals surface area contributed by atoms with Crippen LogP contribution < -0.4 is 14.8 Å². The molecule has 0 aliphatic carbocycles. The number of benzene rings is 2. The van der Waals surface area contributed by atoms with E-state index in [0.717, 1.165) is 5.56 Å². The average Bonchev–Trinajstić information content (AvgIpc) is 2.53. The standard InChI is InChI=1S/C20H23NO3/c1-12-9-13(2)16(14(3)10-12)11-21-20(22)19-15(4)23-17-7-5-6-8-18(17)24-19/h5-10,15,19H,11H2,1-4H3,(H,21,22)/t15-,19-/m1/s1. The summed E-state index contributed by atoms with van der Waals surface area (Å²) in [5.41, 5.74) is 4.76. The lowest BCUT2D eigenvalue weighted by atomic mass is 10.00. The van der Waals surface area contributed by atoms with Crippen LogP contribution in [0.3, 0.4) is 0 Å². The van der Waals surface area contributed by atoms with Crippen molar-refractivity contribution in [1.82, 2.24) is 5.32 Å². The third-order valence-corrected chi connectivity index (χ3v) is 4.38. The first-order valence-corrected chi connectivity index (χ1v) is 8.22. The molecule has 0 radical (unpaired) electrons. The second-order valence-corrected chi connectivity index (χ2v) is 6.40. The van der Waals surface area contributed by atoms with E-state index in [-0.39, 0.29) is 12.0 Å². The van der Waals surface area contributed by atoms with Gasteiger partial charge in [0.05, 0.1) is 0 Å². The number of carbonyl (C=O) groups is 1. The van der Waals surface area contributed by atoms with Gasteiger partial charge < -0.3 is 14.8 Å². The summed E-state index contributed by atoms with van der Waals surface area (Å²) in [7, 11) is 0. The summed E-state index contributed by atoms with van der Waals surface area (Å²) in [6.45, 7) is 8.56. The number of hydrogen-bond acceptors (Lipinski definition) is 3. The third kappa shape index (κ3) is 3.23. The summed E-state index contributed by atoms with van der Waals surface area (Å²) < 4.78 is 11.6. The molecule has 24 heavy (non-hydrogen) atoms. The van der Waals surface area contributed by atoms with E-state index >= 15 is 0 Å². The Bertz CT molecular complexity index is 746. The molecule has 4 nitrogen and oxygen atoms in total. The van der Waals surface area contributed by atoms with Gasteiger partial charge in [-0.25, -0.2) is 0 Å². The maximum Gasteiger partial charge on any atom is 0.265 e. The van der Waals surface area contributed by atoms with Gasteiger partial charge in [-0.15, -0.1) is 0 Å². The van der Waals surface area contributed by atoms with Gasteiger partial charge in [0.1, 0.15) is 6.10 Å². The van der Waals surface area contributed by atoms with E-state index in [0.29, 0.717) is 18.0 Å². The summed E-state index contributed by atoms with van der Waals surface area (Å²) in [5, 5.41) is 2.99. The fourth-order valence-electron chi connectivity index (χ4n) is 3.17. The Kier molecular flexibility index (Phi) is 4.47. The molecule has 0 bridgehead atoms. The zero-order valence-corrected chi connectivity index (χ0v) is 14.6. The number of amides is 1. The van der Waals surface area contributed by atoms with Crippen LogP contribution in [0.4, 0.5) is 0 Å². The van der Waals surface area contributed by atoms with Crippen molar-refractivity contribution in [2.75, 3.05) is 0 Å². The van der Waals surface area contributed by atoms with Crippen LogP contribution in [0.1, 0.15) is 29.2 Å². The molecule has 1 aliphatic heterocycles. The van der Waals surface area contributed by atoms with Crippen molar-refractivity contribution >= 4 is 5.91 Å². The molecule has 0 saturated heterocycles. The van der Waals surface area contributed by atoms with E-state index < -0.39 is 6.10 Å². The second-order valence-electron chi connectivity index (χ2n) is 6.40. The quantitative estimate of drug-likeness (QED) is 0.940. The largest absolute Gasteiger partial charge is 0.482 e. The van der Waals surface area contributed by atoms with E-state index in [2.05, 4.69) is 38.2 Å². The number of carbonyl (C=O) groups excluding carboxylic acids is 1. The summed E-state index contributed by atoms with van der Waals surface area (Å²) in [6.07, 6.45) is -0.980. The van der Waals surface area contributed by atoms with Crippen molar-refractivity contribution in [2.24, 2.45) is 0 Å². The van der Waals surface area contributed by atoms with Gasteiger partial charge >= 0.3 is 0 Å². The summed E-state index contributed by atoms with van der Waals surface area (Å²) >= 11 is 0. The SMILES string of the molecule is Cc1cc(C)c(CNC(=O)[C@@H]2Oc3ccccc3O[C@@H]2C)c(C)c1. The first-order valence-electron chi connectivity index (χ1n) is 8.22. The average molecular weight is 325 g/mol. The molecule has 3 rings (SSSR count). The lowest BCUT2D eigenvalue weighted by Gasteiger charge is -2.31. The Hall–Kier alpha value is -2.49. The number of nitrogens with one attached hydrogen (secondary N) is 1. The van der Waals surface area contributed by atoms with E-state index in [1.54, 1.807) is 0 Å². The van der Waals surface area contributed by atoms with Gasteiger partial charge in [-0.3, -0.25) is 4.79 Å². The van der Waals surface area contributed by atoms with Crippen molar-refractivity contribution in [1.29, 1.82) is 0 Å². The highest BCUT2D eigenvalue weighted by Crippen LogP contribution is 2.33. The summed E-state index contributed by atoms with van der Waals surface area (Å²) in [4.78, 5) is 12.6. The first kappa shape index (κ1) is 16.4. The van der Waals surface area contributed by atoms with Gasteiger partial charge in [-0.2, -0.15) is 0 Å². The molecule has 2 aromatic carbocycles. The summed E-state index contributed by atoms with van der Waals surface area (Å²) in [5.74, 6) is 1.13. The van der Waals surface area contributed by atoms with Crippen molar-refractivity contribution in [2.45, 2.75) is 46.4 Å². The maximum absolute atomic E-state index is 12.6. The van der Waals surface area contributed by atoms with Crippen LogP contribution >= 0.6 is 0 Å². The number of fused-ring (bicyclic) bond motifs is 1. The van der Waals surface area contributed by atoms with Crippen molar-refractivity contribution in [3.63, 3.8) is 0 Å². The molecule has 2 aromatic rings. The Morgan fingerprint density at radius 2 is 1.62 bits per heavy atom. The predicted octanol–water partition coefficient (Wildman–Crippen LogP) is 3.46. The molecule has 1 aliphatic rings. The molecule has 0 spiro atoms. The number of rotatable bonds is 3. The molecular formula is C20H23NO3. The van der Waals surface area contributed by atoms with Crippen LogP contribution in [0.5, 0.6) is 11.5 Å². The molecule has 2 atom stereocenters. The van der Waals surface area contributed by atoms with Gasteiger partial charge in [0.15, 0.2) is 11.5 Å². The molecule has 1 N–H and O–H groups in total. The predicted molar refractivity (Wildman–Crippen MR) is 93.4 cm³/mol. The zero-order valence-electron chi connectivity index (χ0n) is 14.6. The topological polar surface area (TPSA) is 47.6 Å². The fourth-order valence-corrected chi connectivity index (χ4v) is 3.17. The zero-order chi connectivity index (χ0) is 17.3. The molecule has 1 amide bonds. The maximum atomic E-state index is 12.6. The van der Waals surface area contributed by atoms with E-state index in [1.165, 1.54) is 16.7 Å². The lowest BCUT2D eigenvalue weighted by Crippen LogP contribution is -2.48. The Balaban J connectivity index is 1.70. The Labute approximate surface area is 142 Å². The molecular weight excluding hydrogens is 302 g/mol. The second kappa shape index (κ2) is 6.56. The van der Waals surface area contributed by atoms with Gasteiger partial charge in [0.25, 0.3) is 5.91 Å².